The molecule has 3 nitrogen and oxygen atoms in total. The molecule has 0 aromatic heterocycles. The minimum atomic E-state index is -5.69. The molecule has 0 aliphatic heterocycles. The summed E-state index contributed by atoms with van der Waals surface area (Å²) in [4.78, 5) is 11.5. The van der Waals surface area contributed by atoms with Crippen molar-refractivity contribution in [1.29, 1.82) is 0 Å². The third kappa shape index (κ3) is 3.90. The van der Waals surface area contributed by atoms with E-state index in [-0.39, 0.29) is 11.1 Å². The molecule has 0 radical (unpaired) electrons. The van der Waals surface area contributed by atoms with E-state index in [0.29, 0.717) is 0 Å². The van der Waals surface area contributed by atoms with Crippen molar-refractivity contribution in [3.05, 3.63) is 35.4 Å². The maximum Gasteiger partial charge on any atom is 0.453 e. The monoisotopic (exact) mass is 312 g/mol. The van der Waals surface area contributed by atoms with Gasteiger partial charge < -0.3 is 9.47 Å². The van der Waals surface area contributed by atoms with E-state index in [1.165, 1.54) is 24.3 Å². The van der Waals surface area contributed by atoms with Gasteiger partial charge in [0.2, 0.25) is 0 Å². The van der Waals surface area contributed by atoms with E-state index in [1.54, 1.807) is 0 Å². The molecule has 0 fully saturated rings. The number of hydrogen-bond donors (Lipinski definition) is 0. The predicted molar refractivity (Wildman–Crippen MR) is 63.2 cm³/mol. The molecule has 0 aliphatic carbocycles. The Kier molecular flexibility index (Phi) is 5.27. The molecule has 0 aliphatic rings. The van der Waals surface area contributed by atoms with Gasteiger partial charge in [0, 0.05) is 7.11 Å². The maximum atomic E-state index is 13.1. The Balaban J connectivity index is 3.15. The largest absolute Gasteiger partial charge is 0.465 e. The molecule has 0 saturated heterocycles. The van der Waals surface area contributed by atoms with Gasteiger partial charge in [-0.05, 0) is 11.6 Å². The first-order chi connectivity index (χ1) is 9.64. The van der Waals surface area contributed by atoms with E-state index in [2.05, 4.69) is 4.74 Å². The van der Waals surface area contributed by atoms with Crippen molar-refractivity contribution < 1.29 is 36.2 Å². The fourth-order valence-electron chi connectivity index (χ4n) is 1.74. The average molecular weight is 312 g/mol. The van der Waals surface area contributed by atoms with Gasteiger partial charge in [-0.15, -0.1) is 0 Å². The molecular weight excluding hydrogens is 299 g/mol. The summed E-state index contributed by atoms with van der Waals surface area (Å²) in [5.74, 6) is -5.78. The number of halogens is 5. The fraction of sp³-hybridized carbons (Fsp3) is 0.462. The summed E-state index contributed by atoms with van der Waals surface area (Å²) in [6.07, 6.45) is -8.91. The highest BCUT2D eigenvalue weighted by Gasteiger charge is 2.58. The molecular formula is C13H13F5O3. The van der Waals surface area contributed by atoms with E-state index in [4.69, 9.17) is 4.74 Å². The van der Waals surface area contributed by atoms with Gasteiger partial charge in [-0.1, -0.05) is 18.2 Å². The molecule has 0 N–H and O–H groups in total. The van der Waals surface area contributed by atoms with Crippen LogP contribution in [-0.4, -0.2) is 32.3 Å². The van der Waals surface area contributed by atoms with Crippen molar-refractivity contribution in [1.82, 2.24) is 0 Å². The Bertz CT molecular complexity index is 499. The summed E-state index contributed by atoms with van der Waals surface area (Å²) in [5.41, 5.74) is -0.208. The Morgan fingerprint density at radius 1 is 1.14 bits per heavy atom. The molecule has 0 heterocycles. The summed E-state index contributed by atoms with van der Waals surface area (Å²) < 4.78 is 72.3. The van der Waals surface area contributed by atoms with E-state index < -0.39 is 30.6 Å². The van der Waals surface area contributed by atoms with Gasteiger partial charge in [0.15, 0.2) is 0 Å². The number of carbonyl (C=O) groups is 1. The summed E-state index contributed by atoms with van der Waals surface area (Å²) in [6.45, 7) is 0. The average Bonchev–Trinajstić information content (AvgIpc) is 2.42. The zero-order chi connectivity index (χ0) is 16.3. The summed E-state index contributed by atoms with van der Waals surface area (Å²) in [6, 6.07) is 5.34. The normalized spacial score (nSPS) is 13.9. The number of carbonyl (C=O) groups excluding carboxylic acids is 1. The highest BCUT2D eigenvalue weighted by Crippen LogP contribution is 2.43. The zero-order valence-electron chi connectivity index (χ0n) is 11.2. The highest BCUT2D eigenvalue weighted by atomic mass is 19.4. The first kappa shape index (κ1) is 17.4. The van der Waals surface area contributed by atoms with Crippen molar-refractivity contribution in [2.24, 2.45) is 0 Å². The van der Waals surface area contributed by atoms with Crippen molar-refractivity contribution in [2.75, 3.05) is 14.2 Å². The Hall–Kier alpha value is -1.70. The second-order valence-electron chi connectivity index (χ2n) is 4.21. The summed E-state index contributed by atoms with van der Waals surface area (Å²) >= 11 is 0. The molecule has 0 amide bonds. The van der Waals surface area contributed by atoms with Crippen LogP contribution in [0.1, 0.15) is 28.4 Å². The number of ether oxygens (including phenoxy) is 2. The van der Waals surface area contributed by atoms with Crippen LogP contribution in [0.2, 0.25) is 0 Å². The molecule has 0 saturated carbocycles. The minimum Gasteiger partial charge on any atom is -0.465 e. The Morgan fingerprint density at radius 3 is 2.19 bits per heavy atom. The molecule has 0 bridgehead atoms. The van der Waals surface area contributed by atoms with Gasteiger partial charge in [-0.25, -0.2) is 4.79 Å². The van der Waals surface area contributed by atoms with Gasteiger partial charge in [0.1, 0.15) is 0 Å². The van der Waals surface area contributed by atoms with Gasteiger partial charge in [0.25, 0.3) is 0 Å². The topological polar surface area (TPSA) is 35.5 Å². The highest BCUT2D eigenvalue weighted by molar-refractivity contribution is 5.91. The number of alkyl halides is 5. The quantitative estimate of drug-likeness (QED) is 0.613. The summed E-state index contributed by atoms with van der Waals surface area (Å²) in [5, 5.41) is 0. The molecule has 21 heavy (non-hydrogen) atoms. The smallest absolute Gasteiger partial charge is 0.453 e. The van der Waals surface area contributed by atoms with Crippen molar-refractivity contribution in [3.8, 4) is 0 Å². The van der Waals surface area contributed by atoms with Crippen LogP contribution in [0, 0.1) is 0 Å². The van der Waals surface area contributed by atoms with Crippen LogP contribution in [0.15, 0.2) is 24.3 Å². The number of methoxy groups -OCH3 is 2. The number of hydrogen-bond acceptors (Lipinski definition) is 3. The van der Waals surface area contributed by atoms with Crippen LogP contribution < -0.4 is 0 Å². The van der Waals surface area contributed by atoms with Crippen LogP contribution >= 0.6 is 0 Å². The molecule has 118 valence electrons. The number of benzene rings is 1. The molecule has 1 aromatic rings. The van der Waals surface area contributed by atoms with Crippen LogP contribution in [0.5, 0.6) is 0 Å². The lowest BCUT2D eigenvalue weighted by atomic mass is 9.97. The van der Waals surface area contributed by atoms with E-state index >= 15 is 0 Å². The Labute approximate surface area is 117 Å². The molecule has 1 rings (SSSR count). The van der Waals surface area contributed by atoms with Crippen molar-refractivity contribution >= 4 is 5.97 Å². The van der Waals surface area contributed by atoms with E-state index in [0.717, 1.165) is 14.2 Å². The fourth-order valence-corrected chi connectivity index (χ4v) is 1.74. The van der Waals surface area contributed by atoms with Crippen molar-refractivity contribution in [3.63, 3.8) is 0 Å². The third-order valence-electron chi connectivity index (χ3n) is 2.85. The maximum absolute atomic E-state index is 13.1. The molecule has 0 spiro atoms. The van der Waals surface area contributed by atoms with Crippen LogP contribution in [0.3, 0.4) is 0 Å². The van der Waals surface area contributed by atoms with Gasteiger partial charge in [-0.3, -0.25) is 0 Å². The number of rotatable bonds is 5. The van der Waals surface area contributed by atoms with Gasteiger partial charge in [0.05, 0.1) is 25.2 Å². The standard InChI is InChI=1S/C13H13F5O3/c1-20-10(7-12(14,15)13(16,17)18)8-5-3-4-6-9(8)11(19)21-2/h3-6,10H,7H2,1-2H3. The first-order valence-corrected chi connectivity index (χ1v) is 5.78. The molecule has 8 heteroatoms. The van der Waals surface area contributed by atoms with Gasteiger partial charge in [-0.2, -0.15) is 22.0 Å². The predicted octanol–water partition coefficient (Wildman–Crippen LogP) is 3.75. The van der Waals surface area contributed by atoms with Crippen molar-refractivity contribution in [2.45, 2.75) is 24.6 Å². The SMILES string of the molecule is COC(=O)c1ccccc1C(CC(F)(F)C(F)(F)F)OC. The van der Waals surface area contributed by atoms with Crippen LogP contribution in [-0.2, 0) is 9.47 Å². The first-order valence-electron chi connectivity index (χ1n) is 5.78. The lowest BCUT2D eigenvalue weighted by molar-refractivity contribution is -0.291. The minimum absolute atomic E-state index is 0.0872. The third-order valence-corrected chi connectivity index (χ3v) is 2.85. The molecule has 1 aromatic carbocycles. The van der Waals surface area contributed by atoms with Crippen LogP contribution in [0.25, 0.3) is 0 Å². The second kappa shape index (κ2) is 6.38. The molecule has 1 unspecified atom stereocenters. The molecule has 1 atom stereocenters. The second-order valence-corrected chi connectivity index (χ2v) is 4.21. The zero-order valence-corrected chi connectivity index (χ0v) is 11.2. The van der Waals surface area contributed by atoms with Gasteiger partial charge >= 0.3 is 18.1 Å². The lowest BCUT2D eigenvalue weighted by Gasteiger charge is -2.25. The van der Waals surface area contributed by atoms with Crippen LogP contribution in [0.4, 0.5) is 22.0 Å². The number of esters is 1. The summed E-state index contributed by atoms with van der Waals surface area (Å²) in [7, 11) is 2.07. The lowest BCUT2D eigenvalue weighted by Crippen LogP contribution is -2.38. The Morgan fingerprint density at radius 2 is 1.71 bits per heavy atom. The van der Waals surface area contributed by atoms with E-state index in [9.17, 15) is 26.7 Å². The van der Waals surface area contributed by atoms with E-state index in [1.807, 2.05) is 0 Å².